The zero-order valence-electron chi connectivity index (χ0n) is 7.88. The predicted octanol–water partition coefficient (Wildman–Crippen LogP) is 1.64. The first-order valence-electron chi connectivity index (χ1n) is 4.56. The van der Waals surface area contributed by atoms with Crippen molar-refractivity contribution in [3.63, 3.8) is 0 Å². The smallest absolute Gasteiger partial charge is 0.331 e. The fourth-order valence-electron chi connectivity index (χ4n) is 1.51. The molecule has 1 aromatic carbocycles. The van der Waals surface area contributed by atoms with Crippen LogP contribution in [0.1, 0.15) is 18.1 Å². The number of benzene rings is 1. The first-order chi connectivity index (χ1) is 7.16. The zero-order chi connectivity index (χ0) is 10.8. The average Bonchev–Trinajstić information content (AvgIpc) is 2.17. The van der Waals surface area contributed by atoms with E-state index in [0.717, 1.165) is 0 Å². The number of carbonyl (C=O) groups excluding carboxylic acids is 1. The van der Waals surface area contributed by atoms with Crippen molar-refractivity contribution in [3.05, 3.63) is 35.9 Å². The van der Waals surface area contributed by atoms with Gasteiger partial charge in [-0.2, -0.15) is 0 Å². The third-order valence-corrected chi connectivity index (χ3v) is 2.22. The summed E-state index contributed by atoms with van der Waals surface area (Å²) in [5, 5.41) is 18.7. The number of phenols is 2. The molecule has 0 fully saturated rings. The van der Waals surface area contributed by atoms with Gasteiger partial charge in [0, 0.05) is 24.1 Å². The second-order valence-electron chi connectivity index (χ2n) is 3.31. The van der Waals surface area contributed by atoms with Crippen LogP contribution in [0, 0.1) is 0 Å². The summed E-state index contributed by atoms with van der Waals surface area (Å²) in [4.78, 5) is 11.0. The minimum atomic E-state index is -0.469. The number of aromatic hydroxyl groups is 2. The largest absolute Gasteiger partial charge is 0.508 e. The highest BCUT2D eigenvalue weighted by Crippen LogP contribution is 2.33. The molecule has 2 rings (SSSR count). The Hall–Kier alpha value is -1.97. The Labute approximate surface area is 86.4 Å². The number of rotatable bonds is 1. The SMILES string of the molecule is O=C1C=CCC(c2ccc(O)cc2O)O1. The lowest BCUT2D eigenvalue weighted by Gasteiger charge is -2.19. The van der Waals surface area contributed by atoms with Gasteiger partial charge in [-0.15, -0.1) is 0 Å². The minimum absolute atomic E-state index is 0.0195. The maximum atomic E-state index is 11.0. The lowest BCUT2D eigenvalue weighted by molar-refractivity contribution is -0.144. The van der Waals surface area contributed by atoms with Gasteiger partial charge >= 0.3 is 5.97 Å². The summed E-state index contributed by atoms with van der Waals surface area (Å²) in [5.41, 5.74) is 0.505. The maximum absolute atomic E-state index is 11.0. The van der Waals surface area contributed by atoms with Gasteiger partial charge in [0.2, 0.25) is 0 Å². The fourth-order valence-corrected chi connectivity index (χ4v) is 1.51. The quantitative estimate of drug-likeness (QED) is 0.685. The zero-order valence-corrected chi connectivity index (χ0v) is 7.88. The molecule has 0 saturated heterocycles. The molecule has 78 valence electrons. The summed E-state index contributed by atoms with van der Waals surface area (Å²) in [6.07, 6.45) is 3.11. The van der Waals surface area contributed by atoms with Crippen LogP contribution in [0.2, 0.25) is 0 Å². The van der Waals surface area contributed by atoms with Crippen molar-refractivity contribution in [2.75, 3.05) is 0 Å². The highest BCUT2D eigenvalue weighted by molar-refractivity contribution is 5.83. The van der Waals surface area contributed by atoms with E-state index in [1.54, 1.807) is 12.1 Å². The minimum Gasteiger partial charge on any atom is -0.508 e. The van der Waals surface area contributed by atoms with Crippen molar-refractivity contribution in [3.8, 4) is 11.5 Å². The monoisotopic (exact) mass is 206 g/mol. The van der Waals surface area contributed by atoms with Crippen LogP contribution in [0.15, 0.2) is 30.4 Å². The predicted molar refractivity (Wildman–Crippen MR) is 52.4 cm³/mol. The highest BCUT2D eigenvalue weighted by atomic mass is 16.5. The van der Waals surface area contributed by atoms with Gasteiger partial charge < -0.3 is 14.9 Å². The molecule has 0 spiro atoms. The van der Waals surface area contributed by atoms with Crippen LogP contribution in [0.25, 0.3) is 0 Å². The molecule has 4 nitrogen and oxygen atoms in total. The molecular weight excluding hydrogens is 196 g/mol. The van der Waals surface area contributed by atoms with Gasteiger partial charge in [0.05, 0.1) is 0 Å². The molecule has 1 aliphatic heterocycles. The molecule has 0 saturated carbocycles. The Balaban J connectivity index is 2.30. The fraction of sp³-hybridized carbons (Fsp3) is 0.182. The van der Waals surface area contributed by atoms with Gasteiger partial charge in [-0.05, 0) is 12.1 Å². The number of cyclic esters (lactones) is 1. The second-order valence-corrected chi connectivity index (χ2v) is 3.31. The van der Waals surface area contributed by atoms with E-state index in [-0.39, 0.29) is 11.5 Å². The van der Waals surface area contributed by atoms with E-state index < -0.39 is 12.1 Å². The van der Waals surface area contributed by atoms with Crippen molar-refractivity contribution >= 4 is 5.97 Å². The molecule has 1 unspecified atom stereocenters. The molecule has 1 aromatic rings. The number of ether oxygens (including phenoxy) is 1. The van der Waals surface area contributed by atoms with Gasteiger partial charge in [-0.1, -0.05) is 6.08 Å². The standard InChI is InChI=1S/C11H10O4/c12-7-4-5-8(9(13)6-7)10-2-1-3-11(14)15-10/h1,3-6,10,12-13H,2H2. The Morgan fingerprint density at radius 1 is 1.33 bits per heavy atom. The number of carbonyl (C=O) groups is 1. The lowest BCUT2D eigenvalue weighted by Crippen LogP contribution is -2.12. The molecule has 0 aromatic heterocycles. The van der Waals surface area contributed by atoms with Gasteiger partial charge in [0.15, 0.2) is 0 Å². The normalized spacial score (nSPS) is 20.0. The Kier molecular flexibility index (Phi) is 2.33. The number of hydrogen-bond acceptors (Lipinski definition) is 4. The van der Waals surface area contributed by atoms with Crippen LogP contribution in [-0.2, 0) is 9.53 Å². The van der Waals surface area contributed by atoms with E-state index in [1.165, 1.54) is 18.2 Å². The Morgan fingerprint density at radius 2 is 2.13 bits per heavy atom. The van der Waals surface area contributed by atoms with Crippen LogP contribution in [0.4, 0.5) is 0 Å². The van der Waals surface area contributed by atoms with Crippen LogP contribution < -0.4 is 0 Å². The van der Waals surface area contributed by atoms with Crippen LogP contribution >= 0.6 is 0 Å². The molecular formula is C11H10O4. The van der Waals surface area contributed by atoms with Crippen LogP contribution in [0.5, 0.6) is 11.5 Å². The molecule has 0 amide bonds. The lowest BCUT2D eigenvalue weighted by atomic mass is 10.0. The van der Waals surface area contributed by atoms with E-state index in [2.05, 4.69) is 0 Å². The summed E-state index contributed by atoms with van der Waals surface area (Å²) in [5.74, 6) is -0.504. The summed E-state index contributed by atoms with van der Waals surface area (Å²) in [7, 11) is 0. The van der Waals surface area contributed by atoms with E-state index in [4.69, 9.17) is 9.84 Å². The number of esters is 1. The van der Waals surface area contributed by atoms with E-state index in [1.807, 2.05) is 0 Å². The molecule has 0 aliphatic carbocycles. The first-order valence-corrected chi connectivity index (χ1v) is 4.56. The van der Waals surface area contributed by atoms with Crippen molar-refractivity contribution in [1.29, 1.82) is 0 Å². The molecule has 15 heavy (non-hydrogen) atoms. The molecule has 0 bridgehead atoms. The van der Waals surface area contributed by atoms with Crippen LogP contribution in [-0.4, -0.2) is 16.2 Å². The number of phenolic OH excluding ortho intramolecular Hbond substituents is 2. The van der Waals surface area contributed by atoms with Crippen molar-refractivity contribution < 1.29 is 19.7 Å². The summed E-state index contributed by atoms with van der Waals surface area (Å²) in [6, 6.07) is 4.21. The second kappa shape index (κ2) is 3.65. The summed E-state index contributed by atoms with van der Waals surface area (Å²) < 4.78 is 5.03. The Bertz CT molecular complexity index is 423. The molecule has 1 aliphatic rings. The van der Waals surface area contributed by atoms with E-state index >= 15 is 0 Å². The van der Waals surface area contributed by atoms with Gasteiger partial charge in [0.25, 0.3) is 0 Å². The van der Waals surface area contributed by atoms with Crippen LogP contribution in [0.3, 0.4) is 0 Å². The van der Waals surface area contributed by atoms with Gasteiger partial charge in [0.1, 0.15) is 17.6 Å². The van der Waals surface area contributed by atoms with Crippen molar-refractivity contribution in [2.45, 2.75) is 12.5 Å². The van der Waals surface area contributed by atoms with E-state index in [0.29, 0.717) is 12.0 Å². The Morgan fingerprint density at radius 3 is 2.80 bits per heavy atom. The molecule has 1 atom stereocenters. The van der Waals surface area contributed by atoms with Crippen molar-refractivity contribution in [2.24, 2.45) is 0 Å². The molecule has 4 heteroatoms. The first kappa shape index (κ1) is 9.58. The van der Waals surface area contributed by atoms with Gasteiger partial charge in [-0.25, -0.2) is 4.79 Å². The van der Waals surface area contributed by atoms with E-state index in [9.17, 15) is 9.90 Å². The van der Waals surface area contributed by atoms with Crippen molar-refractivity contribution in [1.82, 2.24) is 0 Å². The summed E-state index contributed by atoms with van der Waals surface area (Å²) >= 11 is 0. The maximum Gasteiger partial charge on any atom is 0.331 e. The topological polar surface area (TPSA) is 66.8 Å². The summed E-state index contributed by atoms with van der Waals surface area (Å²) in [6.45, 7) is 0. The molecule has 0 radical (unpaired) electrons. The third kappa shape index (κ3) is 1.93. The third-order valence-electron chi connectivity index (χ3n) is 2.22. The molecule has 2 N–H and O–H groups in total. The average molecular weight is 206 g/mol. The van der Waals surface area contributed by atoms with Gasteiger partial charge in [-0.3, -0.25) is 0 Å². The highest BCUT2D eigenvalue weighted by Gasteiger charge is 2.20. The molecule has 1 heterocycles. The number of hydrogen-bond donors (Lipinski definition) is 2.